The fourth-order valence-electron chi connectivity index (χ4n) is 2.34. The van der Waals surface area contributed by atoms with Gasteiger partial charge < -0.3 is 4.90 Å². The van der Waals surface area contributed by atoms with E-state index in [1.54, 1.807) is 18.2 Å². The van der Waals surface area contributed by atoms with Crippen LogP contribution >= 0.6 is 11.6 Å². The molecule has 0 saturated carbocycles. The fourth-order valence-corrected chi connectivity index (χ4v) is 2.60. The summed E-state index contributed by atoms with van der Waals surface area (Å²) in [6.45, 7) is 0.340. The summed E-state index contributed by atoms with van der Waals surface area (Å²) in [6.07, 6.45) is 3.77. The Bertz CT molecular complexity index is 738. The van der Waals surface area contributed by atoms with Crippen molar-refractivity contribution >= 4 is 35.1 Å². The third-order valence-corrected chi connectivity index (χ3v) is 3.66. The van der Waals surface area contributed by atoms with Crippen LogP contribution in [0.2, 0.25) is 5.02 Å². The number of amides is 1. The zero-order valence-electron chi connectivity index (χ0n) is 11.1. The number of anilines is 1. The smallest absolute Gasteiger partial charge is 0.299 e. The highest BCUT2D eigenvalue weighted by atomic mass is 35.5. The van der Waals surface area contributed by atoms with E-state index < -0.39 is 11.7 Å². The molecule has 0 atom stereocenters. The summed E-state index contributed by atoms with van der Waals surface area (Å²) >= 11 is 6.01. The Morgan fingerprint density at radius 2 is 1.76 bits per heavy atom. The van der Waals surface area contributed by atoms with Gasteiger partial charge in [0.2, 0.25) is 0 Å². The molecule has 0 fully saturated rings. The maximum Gasteiger partial charge on any atom is 0.299 e. The van der Waals surface area contributed by atoms with E-state index in [4.69, 9.17) is 11.6 Å². The number of carbonyl (C=O) groups is 2. The molecule has 1 aliphatic heterocycles. The summed E-state index contributed by atoms with van der Waals surface area (Å²) in [7, 11) is 0. The highest BCUT2D eigenvalue weighted by molar-refractivity contribution is 6.55. The van der Waals surface area contributed by atoms with Crippen LogP contribution in [0.4, 0.5) is 5.69 Å². The summed E-state index contributed by atoms with van der Waals surface area (Å²) < 4.78 is 0. The van der Waals surface area contributed by atoms with E-state index in [1.165, 1.54) is 4.90 Å². The van der Waals surface area contributed by atoms with Gasteiger partial charge in [0.15, 0.2) is 0 Å². The number of ketones is 1. The molecule has 0 bridgehead atoms. The Labute approximate surface area is 127 Å². The fraction of sp³-hybridized carbons (Fsp3) is 0.0588. The molecule has 1 heterocycles. The number of nitrogens with zero attached hydrogens (tertiary/aromatic N) is 1. The van der Waals surface area contributed by atoms with Gasteiger partial charge in [0.1, 0.15) is 0 Å². The van der Waals surface area contributed by atoms with Gasteiger partial charge in [-0.3, -0.25) is 9.59 Å². The van der Waals surface area contributed by atoms with Crippen molar-refractivity contribution in [3.05, 3.63) is 70.8 Å². The van der Waals surface area contributed by atoms with E-state index in [0.29, 0.717) is 22.8 Å². The molecule has 0 aliphatic carbocycles. The first-order valence-corrected chi connectivity index (χ1v) is 6.92. The van der Waals surface area contributed by atoms with Crippen LogP contribution < -0.4 is 4.90 Å². The molecule has 2 aromatic rings. The van der Waals surface area contributed by atoms with Gasteiger partial charge in [-0.2, -0.15) is 0 Å². The van der Waals surface area contributed by atoms with E-state index in [2.05, 4.69) is 0 Å². The standard InChI is InChI=1S/C17H12ClNO2/c18-13-9-4-10-14-15(13)16(20)17(21)19(14)11-5-8-12-6-2-1-3-7-12/h1-10H,11H2/b8-5+. The first-order valence-electron chi connectivity index (χ1n) is 6.55. The van der Waals surface area contributed by atoms with Gasteiger partial charge in [-0.25, -0.2) is 0 Å². The number of Topliss-reactive ketones (excluding diaryl/α,β-unsaturated/α-hetero) is 1. The van der Waals surface area contributed by atoms with Crippen molar-refractivity contribution in [2.24, 2.45) is 0 Å². The normalized spacial score (nSPS) is 14.0. The lowest BCUT2D eigenvalue weighted by Crippen LogP contribution is -2.29. The average Bonchev–Trinajstić information content (AvgIpc) is 2.74. The Kier molecular flexibility index (Phi) is 3.59. The number of carbonyl (C=O) groups excluding carboxylic acids is 2. The van der Waals surface area contributed by atoms with Crippen molar-refractivity contribution in [2.75, 3.05) is 11.4 Å². The summed E-state index contributed by atoms with van der Waals surface area (Å²) in [5, 5.41) is 0.320. The van der Waals surface area contributed by atoms with Crippen LogP contribution in [0.3, 0.4) is 0 Å². The van der Waals surface area contributed by atoms with E-state index in [1.807, 2.05) is 42.5 Å². The molecule has 21 heavy (non-hydrogen) atoms. The van der Waals surface area contributed by atoms with Gasteiger partial charge in [-0.15, -0.1) is 0 Å². The molecular weight excluding hydrogens is 286 g/mol. The van der Waals surface area contributed by atoms with Crippen LogP contribution in [0.1, 0.15) is 15.9 Å². The lowest BCUT2D eigenvalue weighted by molar-refractivity contribution is -0.114. The number of halogens is 1. The van der Waals surface area contributed by atoms with Gasteiger partial charge in [0, 0.05) is 6.54 Å². The number of benzene rings is 2. The monoisotopic (exact) mass is 297 g/mol. The summed E-state index contributed by atoms with van der Waals surface area (Å²) in [4.78, 5) is 25.4. The van der Waals surface area contributed by atoms with Crippen LogP contribution in [0.5, 0.6) is 0 Å². The van der Waals surface area contributed by atoms with Crippen molar-refractivity contribution in [3.8, 4) is 0 Å². The summed E-state index contributed by atoms with van der Waals surface area (Å²) in [5.41, 5.74) is 1.93. The summed E-state index contributed by atoms with van der Waals surface area (Å²) in [6, 6.07) is 14.9. The lowest BCUT2D eigenvalue weighted by atomic mass is 10.1. The zero-order chi connectivity index (χ0) is 14.8. The third kappa shape index (κ3) is 2.48. The topological polar surface area (TPSA) is 37.4 Å². The molecule has 0 aromatic heterocycles. The van der Waals surface area contributed by atoms with Crippen molar-refractivity contribution in [2.45, 2.75) is 0 Å². The first kappa shape index (κ1) is 13.6. The van der Waals surface area contributed by atoms with Crippen LogP contribution in [0.25, 0.3) is 6.08 Å². The van der Waals surface area contributed by atoms with Crippen molar-refractivity contribution in [1.82, 2.24) is 0 Å². The second-order valence-electron chi connectivity index (χ2n) is 4.69. The summed E-state index contributed by atoms with van der Waals surface area (Å²) in [5.74, 6) is -1.07. The van der Waals surface area contributed by atoms with Crippen LogP contribution in [0.15, 0.2) is 54.6 Å². The van der Waals surface area contributed by atoms with Crippen molar-refractivity contribution in [1.29, 1.82) is 0 Å². The van der Waals surface area contributed by atoms with Gasteiger partial charge in [-0.1, -0.05) is 60.2 Å². The molecule has 0 N–H and O–H groups in total. The predicted molar refractivity (Wildman–Crippen MR) is 83.6 cm³/mol. The minimum Gasteiger partial charge on any atom is -0.301 e. The highest BCUT2D eigenvalue weighted by Gasteiger charge is 2.36. The second kappa shape index (κ2) is 5.54. The SMILES string of the molecule is O=C1C(=O)N(C/C=C/c2ccccc2)c2cccc(Cl)c21. The molecule has 0 saturated heterocycles. The Morgan fingerprint density at radius 3 is 2.52 bits per heavy atom. The first-order chi connectivity index (χ1) is 10.2. The predicted octanol–water partition coefficient (Wildman–Crippen LogP) is 3.58. The minimum atomic E-state index is -0.538. The molecule has 0 unspecified atom stereocenters. The maximum absolute atomic E-state index is 12.0. The largest absolute Gasteiger partial charge is 0.301 e. The number of fused-ring (bicyclic) bond motifs is 1. The molecule has 3 nitrogen and oxygen atoms in total. The molecule has 0 spiro atoms. The van der Waals surface area contributed by atoms with Gasteiger partial charge in [-0.05, 0) is 17.7 Å². The highest BCUT2D eigenvalue weighted by Crippen LogP contribution is 2.33. The minimum absolute atomic E-state index is 0.303. The number of rotatable bonds is 3. The van der Waals surface area contributed by atoms with Gasteiger partial charge >= 0.3 is 0 Å². The van der Waals surface area contributed by atoms with E-state index >= 15 is 0 Å². The molecule has 0 radical (unpaired) electrons. The molecular formula is C17H12ClNO2. The Morgan fingerprint density at radius 1 is 1.00 bits per heavy atom. The van der Waals surface area contributed by atoms with Crippen LogP contribution in [-0.2, 0) is 4.79 Å². The molecule has 3 rings (SSSR count). The quantitative estimate of drug-likeness (QED) is 0.812. The Balaban J connectivity index is 1.84. The molecule has 2 aromatic carbocycles. The Hall–Kier alpha value is -2.39. The van der Waals surface area contributed by atoms with Crippen LogP contribution in [0, 0.1) is 0 Å². The van der Waals surface area contributed by atoms with Crippen molar-refractivity contribution in [3.63, 3.8) is 0 Å². The zero-order valence-corrected chi connectivity index (χ0v) is 11.9. The average molecular weight is 298 g/mol. The van der Waals surface area contributed by atoms with E-state index in [0.717, 1.165) is 5.56 Å². The molecule has 1 amide bonds. The number of hydrogen-bond acceptors (Lipinski definition) is 2. The molecule has 1 aliphatic rings. The van der Waals surface area contributed by atoms with Gasteiger partial charge in [0.05, 0.1) is 16.3 Å². The van der Waals surface area contributed by atoms with Gasteiger partial charge in [0.25, 0.3) is 11.7 Å². The molecule has 104 valence electrons. The maximum atomic E-state index is 12.0. The van der Waals surface area contributed by atoms with E-state index in [-0.39, 0.29) is 0 Å². The van der Waals surface area contributed by atoms with Crippen LogP contribution in [-0.4, -0.2) is 18.2 Å². The second-order valence-corrected chi connectivity index (χ2v) is 5.10. The molecule has 4 heteroatoms. The van der Waals surface area contributed by atoms with E-state index in [9.17, 15) is 9.59 Å². The van der Waals surface area contributed by atoms with Crippen molar-refractivity contribution < 1.29 is 9.59 Å². The third-order valence-electron chi connectivity index (χ3n) is 3.35. The number of hydrogen-bond donors (Lipinski definition) is 0. The lowest BCUT2D eigenvalue weighted by Gasteiger charge is -2.13.